The SMILES string of the molecule is COc1ccc(C(=O)N2CCCCOc3cccc(c3)[C@H]3CN(C(=O)c4cccc(C)n4)C[C@@H]3NC(=O)C2)cn1. The van der Waals surface area contributed by atoms with Crippen LogP contribution >= 0.6 is 0 Å². The number of benzene rings is 1. The molecule has 1 N–H and O–H groups in total. The molecule has 10 heteroatoms. The van der Waals surface area contributed by atoms with E-state index in [2.05, 4.69) is 15.3 Å². The first-order chi connectivity index (χ1) is 19.4. The van der Waals surface area contributed by atoms with Crippen LogP contribution in [-0.2, 0) is 4.79 Å². The molecule has 3 amide bonds. The second-order valence-electron chi connectivity index (χ2n) is 10.1. The minimum Gasteiger partial charge on any atom is -0.494 e. The summed E-state index contributed by atoms with van der Waals surface area (Å²) in [7, 11) is 1.51. The molecule has 1 saturated heterocycles. The molecule has 1 fully saturated rings. The number of hydrogen-bond acceptors (Lipinski definition) is 7. The van der Waals surface area contributed by atoms with Gasteiger partial charge in [-0.15, -0.1) is 0 Å². The summed E-state index contributed by atoms with van der Waals surface area (Å²) in [6.07, 6.45) is 2.84. The van der Waals surface area contributed by atoms with Crippen molar-refractivity contribution in [1.82, 2.24) is 25.1 Å². The van der Waals surface area contributed by atoms with E-state index in [1.54, 1.807) is 23.1 Å². The Morgan fingerprint density at radius 2 is 1.88 bits per heavy atom. The number of amides is 3. The van der Waals surface area contributed by atoms with Crippen LogP contribution in [0.25, 0.3) is 0 Å². The summed E-state index contributed by atoms with van der Waals surface area (Å²) < 4.78 is 11.1. The molecule has 0 unspecified atom stereocenters. The Hall–Kier alpha value is -4.47. The molecule has 2 aliphatic heterocycles. The third-order valence-electron chi connectivity index (χ3n) is 7.25. The van der Waals surface area contributed by atoms with Crippen molar-refractivity contribution in [2.75, 3.05) is 39.9 Å². The number of rotatable bonds is 3. The molecule has 0 saturated carbocycles. The number of likely N-dealkylation sites (tertiary alicyclic amines) is 1. The van der Waals surface area contributed by atoms with Gasteiger partial charge >= 0.3 is 0 Å². The number of carbonyl (C=O) groups is 3. The van der Waals surface area contributed by atoms with Gasteiger partial charge in [0.15, 0.2) is 0 Å². The number of nitrogens with zero attached hydrogens (tertiary/aromatic N) is 4. The lowest BCUT2D eigenvalue weighted by Crippen LogP contribution is -2.47. The van der Waals surface area contributed by atoms with Gasteiger partial charge < -0.3 is 24.6 Å². The minimum absolute atomic E-state index is 0.109. The van der Waals surface area contributed by atoms with Crippen molar-refractivity contribution < 1.29 is 23.9 Å². The van der Waals surface area contributed by atoms with Crippen molar-refractivity contribution in [3.05, 3.63) is 83.3 Å². The summed E-state index contributed by atoms with van der Waals surface area (Å²) in [5.74, 6) is 0.245. The summed E-state index contributed by atoms with van der Waals surface area (Å²) in [5.41, 5.74) is 2.49. The van der Waals surface area contributed by atoms with Gasteiger partial charge in [0.05, 0.1) is 31.9 Å². The largest absolute Gasteiger partial charge is 0.494 e. The average Bonchev–Trinajstić information content (AvgIpc) is 3.39. The standard InChI is InChI=1S/C30H33N5O5/c1-20-7-5-10-25(32-20)30(38)35-17-24-21-8-6-9-23(15-21)40-14-4-3-13-34(19-27(36)33-26(24)18-35)29(37)22-11-12-28(39-2)31-16-22/h5-12,15-16,24,26H,3-4,13-14,17-19H2,1-2H3,(H,33,36)/t24-,26+/m1/s1. The van der Waals surface area contributed by atoms with Crippen molar-refractivity contribution in [2.24, 2.45) is 0 Å². The van der Waals surface area contributed by atoms with Gasteiger partial charge in [-0.05, 0) is 55.7 Å². The Morgan fingerprint density at radius 1 is 1.02 bits per heavy atom. The highest BCUT2D eigenvalue weighted by Crippen LogP contribution is 2.31. The molecule has 40 heavy (non-hydrogen) atoms. The molecule has 0 radical (unpaired) electrons. The number of aromatic nitrogens is 2. The van der Waals surface area contributed by atoms with Gasteiger partial charge in [-0.3, -0.25) is 14.4 Å². The second kappa shape index (κ2) is 12.1. The Bertz CT molecular complexity index is 1380. The molecule has 1 aromatic carbocycles. The van der Waals surface area contributed by atoms with Crippen molar-refractivity contribution in [3.8, 4) is 11.6 Å². The molecule has 2 aliphatic rings. The van der Waals surface area contributed by atoms with E-state index < -0.39 is 0 Å². The topological polar surface area (TPSA) is 114 Å². The molecular weight excluding hydrogens is 510 g/mol. The van der Waals surface area contributed by atoms with E-state index in [1.165, 1.54) is 18.2 Å². The smallest absolute Gasteiger partial charge is 0.272 e. The summed E-state index contributed by atoms with van der Waals surface area (Å²) in [4.78, 5) is 51.9. The molecule has 0 spiro atoms. The number of ether oxygens (including phenoxy) is 2. The van der Waals surface area contributed by atoms with Gasteiger partial charge in [0.1, 0.15) is 11.4 Å². The Labute approximate surface area is 233 Å². The van der Waals surface area contributed by atoms with Gasteiger partial charge in [-0.25, -0.2) is 9.97 Å². The first-order valence-electron chi connectivity index (χ1n) is 13.5. The first kappa shape index (κ1) is 27.1. The highest BCUT2D eigenvalue weighted by Gasteiger charge is 2.38. The summed E-state index contributed by atoms with van der Waals surface area (Å²) in [6, 6.07) is 16.1. The molecular formula is C30H33N5O5. The predicted octanol–water partition coefficient (Wildman–Crippen LogP) is 2.83. The van der Waals surface area contributed by atoms with Gasteiger partial charge in [0, 0.05) is 43.5 Å². The maximum atomic E-state index is 13.4. The van der Waals surface area contributed by atoms with E-state index in [0.29, 0.717) is 56.2 Å². The highest BCUT2D eigenvalue weighted by molar-refractivity contribution is 5.96. The van der Waals surface area contributed by atoms with Crippen molar-refractivity contribution in [1.29, 1.82) is 0 Å². The molecule has 10 nitrogen and oxygen atoms in total. The number of nitrogens with one attached hydrogen (secondary N) is 1. The van der Waals surface area contributed by atoms with Gasteiger partial charge in [-0.2, -0.15) is 0 Å². The minimum atomic E-state index is -0.348. The molecule has 2 atom stereocenters. The quantitative estimate of drug-likeness (QED) is 0.540. The van der Waals surface area contributed by atoms with Crippen LogP contribution in [0.3, 0.4) is 0 Å². The lowest BCUT2D eigenvalue weighted by molar-refractivity contribution is -0.122. The third-order valence-corrected chi connectivity index (χ3v) is 7.25. The lowest BCUT2D eigenvalue weighted by Gasteiger charge is -2.26. The van der Waals surface area contributed by atoms with Gasteiger partial charge in [0.25, 0.3) is 11.8 Å². The van der Waals surface area contributed by atoms with Crippen LogP contribution in [0, 0.1) is 6.92 Å². The number of aryl methyl sites for hydroxylation is 1. The highest BCUT2D eigenvalue weighted by atomic mass is 16.5. The second-order valence-corrected chi connectivity index (χ2v) is 10.1. The molecule has 3 aromatic rings. The van der Waals surface area contributed by atoms with E-state index in [0.717, 1.165) is 17.0 Å². The summed E-state index contributed by atoms with van der Waals surface area (Å²) in [6.45, 7) is 3.36. The number of pyridine rings is 2. The Morgan fingerprint density at radius 3 is 2.65 bits per heavy atom. The molecule has 4 heterocycles. The number of carbonyl (C=O) groups excluding carboxylic acids is 3. The fourth-order valence-electron chi connectivity index (χ4n) is 5.20. The van der Waals surface area contributed by atoms with Crippen LogP contribution in [0.5, 0.6) is 11.6 Å². The Balaban J connectivity index is 1.39. The number of fused-ring (bicyclic) bond motifs is 4. The zero-order valence-corrected chi connectivity index (χ0v) is 22.7. The van der Waals surface area contributed by atoms with Crippen LogP contribution < -0.4 is 14.8 Å². The molecule has 2 bridgehead atoms. The van der Waals surface area contributed by atoms with Gasteiger partial charge in [-0.1, -0.05) is 18.2 Å². The van der Waals surface area contributed by atoms with Crippen LogP contribution in [0.4, 0.5) is 0 Å². The Kier molecular flexibility index (Phi) is 8.23. The van der Waals surface area contributed by atoms with Crippen molar-refractivity contribution in [2.45, 2.75) is 31.7 Å². The molecule has 208 valence electrons. The molecule has 5 rings (SSSR count). The zero-order valence-electron chi connectivity index (χ0n) is 22.7. The van der Waals surface area contributed by atoms with E-state index in [1.807, 2.05) is 43.3 Å². The molecule has 0 aliphatic carbocycles. The van der Waals surface area contributed by atoms with Gasteiger partial charge in [0.2, 0.25) is 11.8 Å². The first-order valence-corrected chi connectivity index (χ1v) is 13.5. The van der Waals surface area contributed by atoms with Crippen molar-refractivity contribution >= 4 is 17.7 Å². The van der Waals surface area contributed by atoms with Crippen LogP contribution in [0.2, 0.25) is 0 Å². The van der Waals surface area contributed by atoms with E-state index in [9.17, 15) is 14.4 Å². The predicted molar refractivity (Wildman–Crippen MR) is 147 cm³/mol. The zero-order chi connectivity index (χ0) is 28.1. The number of hydrogen-bond donors (Lipinski definition) is 1. The van der Waals surface area contributed by atoms with Crippen LogP contribution in [0.15, 0.2) is 60.8 Å². The summed E-state index contributed by atoms with van der Waals surface area (Å²) >= 11 is 0. The van der Waals surface area contributed by atoms with E-state index in [-0.39, 0.29) is 36.2 Å². The van der Waals surface area contributed by atoms with Crippen LogP contribution in [0.1, 0.15) is 50.9 Å². The van der Waals surface area contributed by atoms with E-state index >= 15 is 0 Å². The monoisotopic (exact) mass is 543 g/mol. The maximum Gasteiger partial charge on any atom is 0.272 e. The fraction of sp³-hybridized carbons (Fsp3) is 0.367. The van der Waals surface area contributed by atoms with E-state index in [4.69, 9.17) is 9.47 Å². The maximum absolute atomic E-state index is 13.4. The fourth-order valence-corrected chi connectivity index (χ4v) is 5.20. The molecule has 2 aromatic heterocycles. The van der Waals surface area contributed by atoms with Crippen molar-refractivity contribution in [3.63, 3.8) is 0 Å². The summed E-state index contributed by atoms with van der Waals surface area (Å²) in [5, 5.41) is 3.12. The lowest BCUT2D eigenvalue weighted by atomic mass is 9.94. The number of methoxy groups -OCH3 is 1. The van der Waals surface area contributed by atoms with Crippen LogP contribution in [-0.4, -0.2) is 83.4 Å². The average molecular weight is 544 g/mol. The normalized spacial score (nSPS) is 19.6. The third kappa shape index (κ3) is 6.22.